The van der Waals surface area contributed by atoms with Crippen molar-refractivity contribution in [2.45, 2.75) is 12.8 Å². The number of carbonyl (C=O) groups excluding carboxylic acids is 2. The zero-order valence-electron chi connectivity index (χ0n) is 8.04. The van der Waals surface area contributed by atoms with Gasteiger partial charge in [-0.15, -0.1) is 0 Å². The zero-order valence-corrected chi connectivity index (χ0v) is 8.04. The molecule has 2 amide bonds. The Kier molecular flexibility index (Phi) is 5.88. The van der Waals surface area contributed by atoms with Crippen LogP contribution in [0.4, 0.5) is 0 Å². The van der Waals surface area contributed by atoms with Crippen LogP contribution in [0.25, 0.3) is 0 Å². The molecule has 0 saturated heterocycles. The number of hydrogen-bond donors (Lipinski definition) is 2. The molecule has 0 heterocycles. The summed E-state index contributed by atoms with van der Waals surface area (Å²) in [6.45, 7) is 0.259. The highest BCUT2D eigenvalue weighted by Crippen LogP contribution is 1.94. The monoisotopic (exact) mass is 188 g/mol. The summed E-state index contributed by atoms with van der Waals surface area (Å²) in [6, 6.07) is 0. The fourth-order valence-electron chi connectivity index (χ4n) is 0.811. The molecule has 0 aromatic heterocycles. The van der Waals surface area contributed by atoms with Crippen LogP contribution in [0.15, 0.2) is 0 Å². The molecule has 0 aliphatic carbocycles. The zero-order chi connectivity index (χ0) is 10.3. The number of likely N-dealkylation sites (N-methyl/N-ethyl adjacent to an activating group) is 1. The van der Waals surface area contributed by atoms with Gasteiger partial charge in [0.2, 0.25) is 11.8 Å². The topological polar surface area (TPSA) is 69.6 Å². The Morgan fingerprint density at radius 3 is 2.46 bits per heavy atom. The Morgan fingerprint density at radius 2 is 2.00 bits per heavy atom. The summed E-state index contributed by atoms with van der Waals surface area (Å²) >= 11 is 0. The molecule has 0 aliphatic heterocycles. The number of nitrogens with zero attached hydrogens (tertiary/aromatic N) is 1. The Morgan fingerprint density at radius 1 is 1.38 bits per heavy atom. The number of rotatable bonds is 5. The van der Waals surface area contributed by atoms with Gasteiger partial charge < -0.3 is 15.3 Å². The predicted molar refractivity (Wildman–Crippen MR) is 48.0 cm³/mol. The molecule has 5 nitrogen and oxygen atoms in total. The molecule has 0 aliphatic rings. The molecule has 0 fully saturated rings. The van der Waals surface area contributed by atoms with Crippen molar-refractivity contribution in [3.05, 3.63) is 0 Å². The molecule has 0 unspecified atom stereocenters. The maximum Gasteiger partial charge on any atom is 0.222 e. The second-order valence-electron chi connectivity index (χ2n) is 2.71. The van der Waals surface area contributed by atoms with E-state index < -0.39 is 0 Å². The molecule has 0 atom stereocenters. The highest BCUT2D eigenvalue weighted by atomic mass is 16.3. The van der Waals surface area contributed by atoms with Gasteiger partial charge >= 0.3 is 0 Å². The van der Waals surface area contributed by atoms with E-state index >= 15 is 0 Å². The average Bonchev–Trinajstić information content (AvgIpc) is 2.13. The molecule has 0 saturated carbocycles. The minimum Gasteiger partial charge on any atom is -0.395 e. The number of hydrogen-bond acceptors (Lipinski definition) is 3. The molecule has 5 heteroatoms. The molecular weight excluding hydrogens is 172 g/mol. The van der Waals surface area contributed by atoms with Gasteiger partial charge in [-0.05, 0) is 0 Å². The molecule has 0 aromatic carbocycles. The highest BCUT2D eigenvalue weighted by Gasteiger charge is 2.09. The SMILES string of the molecule is CNC(=O)CCC(=O)N(C)CCO. The van der Waals surface area contributed by atoms with Crippen LogP contribution in [-0.4, -0.2) is 49.1 Å². The van der Waals surface area contributed by atoms with Crippen LogP contribution < -0.4 is 5.32 Å². The van der Waals surface area contributed by atoms with Gasteiger partial charge in [0.05, 0.1) is 6.61 Å². The first-order valence-corrected chi connectivity index (χ1v) is 4.17. The van der Waals surface area contributed by atoms with Crippen LogP contribution in [0.1, 0.15) is 12.8 Å². The second kappa shape index (κ2) is 6.42. The summed E-state index contributed by atoms with van der Waals surface area (Å²) in [5, 5.41) is 11.0. The third kappa shape index (κ3) is 5.19. The highest BCUT2D eigenvalue weighted by molar-refractivity contribution is 5.83. The third-order valence-electron chi connectivity index (χ3n) is 1.71. The minimum atomic E-state index is -0.147. The smallest absolute Gasteiger partial charge is 0.222 e. The second-order valence-corrected chi connectivity index (χ2v) is 2.71. The first-order valence-electron chi connectivity index (χ1n) is 4.17. The van der Waals surface area contributed by atoms with Gasteiger partial charge in [-0.2, -0.15) is 0 Å². The fourth-order valence-corrected chi connectivity index (χ4v) is 0.811. The van der Waals surface area contributed by atoms with Crippen LogP contribution in [-0.2, 0) is 9.59 Å². The quantitative estimate of drug-likeness (QED) is 0.579. The predicted octanol–water partition coefficient (Wildman–Crippen LogP) is -1.04. The first kappa shape index (κ1) is 11.9. The van der Waals surface area contributed by atoms with Crippen molar-refractivity contribution in [3.63, 3.8) is 0 Å². The summed E-state index contributed by atoms with van der Waals surface area (Å²) in [6.07, 6.45) is 0.390. The van der Waals surface area contributed by atoms with Gasteiger partial charge in [0.25, 0.3) is 0 Å². The summed E-state index contributed by atoms with van der Waals surface area (Å²) in [5.74, 6) is -0.275. The standard InChI is InChI=1S/C8H16N2O3/c1-9-7(12)3-4-8(13)10(2)5-6-11/h11H,3-6H2,1-2H3,(H,9,12). The number of aliphatic hydroxyl groups excluding tert-OH is 1. The minimum absolute atomic E-state index is 0.0534. The van der Waals surface area contributed by atoms with Crippen molar-refractivity contribution < 1.29 is 14.7 Å². The maximum absolute atomic E-state index is 11.2. The summed E-state index contributed by atoms with van der Waals surface area (Å²) < 4.78 is 0. The van der Waals surface area contributed by atoms with E-state index in [-0.39, 0.29) is 31.3 Å². The van der Waals surface area contributed by atoms with Crippen LogP contribution in [0, 0.1) is 0 Å². The van der Waals surface area contributed by atoms with Crippen molar-refractivity contribution in [2.24, 2.45) is 0 Å². The van der Waals surface area contributed by atoms with E-state index in [0.717, 1.165) is 0 Å². The Balaban J connectivity index is 3.67. The largest absolute Gasteiger partial charge is 0.395 e. The lowest BCUT2D eigenvalue weighted by molar-refractivity contribution is -0.132. The summed E-state index contributed by atoms with van der Waals surface area (Å²) in [4.78, 5) is 23.4. The number of amides is 2. The third-order valence-corrected chi connectivity index (χ3v) is 1.71. The lowest BCUT2D eigenvalue weighted by Crippen LogP contribution is -2.30. The van der Waals surface area contributed by atoms with Crippen molar-refractivity contribution in [3.8, 4) is 0 Å². The molecule has 0 radical (unpaired) electrons. The Hall–Kier alpha value is -1.10. The van der Waals surface area contributed by atoms with Crippen LogP contribution in [0.3, 0.4) is 0 Å². The van der Waals surface area contributed by atoms with E-state index in [0.29, 0.717) is 6.54 Å². The number of nitrogens with one attached hydrogen (secondary N) is 1. The molecular formula is C8H16N2O3. The van der Waals surface area contributed by atoms with E-state index in [1.54, 1.807) is 7.05 Å². The molecule has 0 spiro atoms. The first-order chi connectivity index (χ1) is 6.11. The van der Waals surface area contributed by atoms with Gasteiger partial charge in [0.15, 0.2) is 0 Å². The van der Waals surface area contributed by atoms with E-state index in [1.165, 1.54) is 11.9 Å². The van der Waals surface area contributed by atoms with Gasteiger partial charge in [-0.1, -0.05) is 0 Å². The number of aliphatic hydroxyl groups is 1. The molecule has 0 bridgehead atoms. The molecule has 0 rings (SSSR count). The molecule has 76 valence electrons. The fraction of sp³-hybridized carbons (Fsp3) is 0.750. The van der Waals surface area contributed by atoms with E-state index in [1.807, 2.05) is 0 Å². The summed E-state index contributed by atoms with van der Waals surface area (Å²) in [5.41, 5.74) is 0. The maximum atomic E-state index is 11.2. The normalized spacial score (nSPS) is 9.46. The van der Waals surface area contributed by atoms with E-state index in [9.17, 15) is 9.59 Å². The lowest BCUT2D eigenvalue weighted by Gasteiger charge is -2.14. The van der Waals surface area contributed by atoms with Crippen molar-refractivity contribution >= 4 is 11.8 Å². The molecule has 13 heavy (non-hydrogen) atoms. The summed E-state index contributed by atoms with van der Waals surface area (Å²) in [7, 11) is 3.13. The van der Waals surface area contributed by atoms with Crippen molar-refractivity contribution in [1.82, 2.24) is 10.2 Å². The number of carbonyl (C=O) groups is 2. The van der Waals surface area contributed by atoms with Gasteiger partial charge in [-0.25, -0.2) is 0 Å². The van der Waals surface area contributed by atoms with Gasteiger partial charge in [-0.3, -0.25) is 9.59 Å². The van der Waals surface area contributed by atoms with Crippen LogP contribution in [0.5, 0.6) is 0 Å². The van der Waals surface area contributed by atoms with Gasteiger partial charge in [0, 0.05) is 33.5 Å². The Bertz CT molecular complexity index is 182. The average molecular weight is 188 g/mol. The van der Waals surface area contributed by atoms with E-state index in [4.69, 9.17) is 5.11 Å². The van der Waals surface area contributed by atoms with E-state index in [2.05, 4.69) is 5.32 Å². The van der Waals surface area contributed by atoms with Crippen molar-refractivity contribution in [2.75, 3.05) is 27.2 Å². The van der Waals surface area contributed by atoms with Crippen LogP contribution >= 0.6 is 0 Å². The molecule has 0 aromatic rings. The van der Waals surface area contributed by atoms with Crippen LogP contribution in [0.2, 0.25) is 0 Å². The molecule has 2 N–H and O–H groups in total. The van der Waals surface area contributed by atoms with Gasteiger partial charge in [0.1, 0.15) is 0 Å². The lowest BCUT2D eigenvalue weighted by atomic mass is 10.2. The van der Waals surface area contributed by atoms with Crippen molar-refractivity contribution in [1.29, 1.82) is 0 Å². The Labute approximate surface area is 77.7 Å².